The van der Waals surface area contributed by atoms with Gasteiger partial charge in [0.2, 0.25) is 0 Å². The summed E-state index contributed by atoms with van der Waals surface area (Å²) in [6.07, 6.45) is 7.25. The molecule has 0 saturated carbocycles. The highest BCUT2D eigenvalue weighted by molar-refractivity contribution is 7.45. The first-order chi connectivity index (χ1) is 7.27. The Bertz CT molecular complexity index is 209. The van der Waals surface area contributed by atoms with E-state index in [1.54, 1.807) is 0 Å². The number of hydrogen-bond donors (Lipinski definition) is 4. The molecule has 0 bridgehead atoms. The van der Waals surface area contributed by atoms with Gasteiger partial charge in [0.1, 0.15) is 0 Å². The maximum Gasteiger partial charge on any atom is 0.466 e. The van der Waals surface area contributed by atoms with E-state index in [2.05, 4.69) is 6.92 Å². The summed E-state index contributed by atoms with van der Waals surface area (Å²) in [6.45, 7) is 2.18. The van der Waals surface area contributed by atoms with Crippen LogP contribution in [0.1, 0.15) is 51.9 Å². The summed E-state index contributed by atoms with van der Waals surface area (Å²) in [5.41, 5.74) is 0. The molecule has 0 aliphatic carbocycles. The minimum absolute atomic E-state index is 0. The molecule has 0 aromatic rings. The number of aliphatic carboxylic acids is 1. The third-order valence-electron chi connectivity index (χ3n) is 1.74. The predicted molar refractivity (Wildman–Crippen MR) is 69.8 cm³/mol. The summed E-state index contributed by atoms with van der Waals surface area (Å²) in [5.74, 6) is -0.666. The summed E-state index contributed by atoms with van der Waals surface area (Å²) in [6, 6.07) is 0. The Kier molecular flexibility index (Phi) is 18.6. The molecule has 104 valence electrons. The van der Waals surface area contributed by atoms with Crippen LogP contribution in [-0.4, -0.2) is 43.1 Å². The lowest BCUT2D eigenvalue weighted by Crippen LogP contribution is -1.93. The number of carboxylic acids is 1. The number of hydrogen-bond acceptors (Lipinski definition) is 2. The minimum atomic E-state index is -4.64. The van der Waals surface area contributed by atoms with E-state index in [0.29, 0.717) is 6.42 Å². The second-order valence-corrected chi connectivity index (χ2v) is 4.45. The van der Waals surface area contributed by atoms with E-state index in [-0.39, 0.29) is 17.4 Å². The highest BCUT2D eigenvalue weighted by Crippen LogP contribution is 2.25. The number of rotatable bonds is 7. The average molecular weight is 286 g/mol. The topological polar surface area (TPSA) is 115 Å². The first kappa shape index (κ1) is 22.3. The average Bonchev–Trinajstić information content (AvgIpc) is 2.08. The Morgan fingerprint density at radius 3 is 1.71 bits per heavy atom. The second-order valence-electron chi connectivity index (χ2n) is 3.42. The van der Waals surface area contributed by atoms with E-state index >= 15 is 0 Å². The fourth-order valence-electron chi connectivity index (χ4n) is 1.06. The molecule has 0 rings (SSSR count). The molecule has 0 fully saturated rings. The summed E-state index contributed by atoms with van der Waals surface area (Å²) >= 11 is 0. The molecule has 6 nitrogen and oxygen atoms in total. The van der Waals surface area contributed by atoms with Gasteiger partial charge in [-0.05, 0) is 6.42 Å². The fraction of sp³-hybridized carbons (Fsp3) is 0.889. The molecule has 0 aromatic heterocycles. The van der Waals surface area contributed by atoms with Gasteiger partial charge in [0, 0.05) is 6.42 Å². The Hall–Kier alpha value is 0.112. The van der Waals surface area contributed by atoms with Crippen LogP contribution in [0.25, 0.3) is 0 Å². The van der Waals surface area contributed by atoms with E-state index in [1.165, 1.54) is 25.7 Å². The van der Waals surface area contributed by atoms with Crippen LogP contribution >= 0.6 is 7.82 Å². The van der Waals surface area contributed by atoms with E-state index in [4.69, 9.17) is 24.4 Å². The van der Waals surface area contributed by atoms with Crippen molar-refractivity contribution in [3.8, 4) is 0 Å². The monoisotopic (exact) mass is 286 g/mol. The van der Waals surface area contributed by atoms with E-state index in [9.17, 15) is 4.79 Å². The molecule has 0 heterocycles. The van der Waals surface area contributed by atoms with Gasteiger partial charge >= 0.3 is 13.8 Å². The molecule has 0 saturated heterocycles. The van der Waals surface area contributed by atoms with Gasteiger partial charge in [-0.1, -0.05) is 39.0 Å². The maximum absolute atomic E-state index is 10.1. The number of unbranched alkanes of at least 4 members (excludes halogenated alkanes) is 5. The van der Waals surface area contributed by atoms with Crippen LogP contribution in [0.2, 0.25) is 0 Å². The van der Waals surface area contributed by atoms with Gasteiger partial charge in [0.05, 0.1) is 0 Å². The van der Waals surface area contributed by atoms with Crippen LogP contribution in [0.15, 0.2) is 0 Å². The van der Waals surface area contributed by atoms with Gasteiger partial charge in [-0.3, -0.25) is 4.79 Å². The summed E-state index contributed by atoms with van der Waals surface area (Å²) in [4.78, 5) is 31.7. The molecular formula is C9H24AlO6P. The fourth-order valence-corrected chi connectivity index (χ4v) is 1.06. The molecule has 0 aromatic carbocycles. The number of carbonyl (C=O) groups is 1. The first-order valence-electron chi connectivity index (χ1n) is 5.27. The van der Waals surface area contributed by atoms with Crippen LogP contribution in [0.5, 0.6) is 0 Å². The smallest absolute Gasteiger partial charge is 0.466 e. The van der Waals surface area contributed by atoms with Crippen LogP contribution in [0.4, 0.5) is 0 Å². The molecule has 0 unspecified atom stereocenters. The summed E-state index contributed by atoms with van der Waals surface area (Å²) < 4.78 is 8.88. The molecule has 0 amide bonds. The highest BCUT2D eigenvalue weighted by atomic mass is 31.2. The molecule has 0 aliphatic rings. The van der Waals surface area contributed by atoms with Crippen molar-refractivity contribution in [2.75, 3.05) is 0 Å². The summed E-state index contributed by atoms with van der Waals surface area (Å²) in [5, 5.41) is 8.32. The predicted octanol–water partition coefficient (Wildman–Crippen LogP) is 0.709. The zero-order valence-electron chi connectivity index (χ0n) is 9.50. The van der Waals surface area contributed by atoms with E-state index < -0.39 is 13.8 Å². The first-order valence-corrected chi connectivity index (χ1v) is 6.84. The Morgan fingerprint density at radius 2 is 1.35 bits per heavy atom. The highest BCUT2D eigenvalue weighted by Gasteiger charge is 2.00. The van der Waals surface area contributed by atoms with Gasteiger partial charge in [-0.15, -0.1) is 0 Å². The van der Waals surface area contributed by atoms with Crippen molar-refractivity contribution in [1.82, 2.24) is 0 Å². The Balaban J connectivity index is -0.000000280. The lowest BCUT2D eigenvalue weighted by Gasteiger charge is -1.97. The molecule has 0 atom stereocenters. The van der Waals surface area contributed by atoms with Gasteiger partial charge < -0.3 is 19.8 Å². The van der Waals surface area contributed by atoms with Crippen molar-refractivity contribution in [2.24, 2.45) is 0 Å². The molecule has 17 heavy (non-hydrogen) atoms. The molecular weight excluding hydrogens is 262 g/mol. The lowest BCUT2D eigenvalue weighted by atomic mass is 10.1. The Labute approximate surface area is 112 Å². The van der Waals surface area contributed by atoms with Crippen molar-refractivity contribution in [1.29, 1.82) is 0 Å². The van der Waals surface area contributed by atoms with Crippen molar-refractivity contribution < 1.29 is 29.1 Å². The molecule has 8 heteroatoms. The third kappa shape index (κ3) is 48.8. The largest absolute Gasteiger partial charge is 0.481 e. The zero-order valence-corrected chi connectivity index (χ0v) is 10.4. The van der Waals surface area contributed by atoms with Crippen molar-refractivity contribution in [3.05, 3.63) is 0 Å². The standard InChI is InChI=1S/C9H18O2.Al.H3O4P.3H/c1-2-3-4-5-6-7-8-9(10)11;;1-5(2,3)4;;;/h2-8H2,1H3,(H,10,11);;(H3,1,2,3,4);;;. The van der Waals surface area contributed by atoms with Crippen LogP contribution in [0, 0.1) is 0 Å². The van der Waals surface area contributed by atoms with Crippen LogP contribution in [0.3, 0.4) is 0 Å². The molecule has 0 spiro atoms. The number of phosphoric acid groups is 1. The third-order valence-corrected chi connectivity index (χ3v) is 1.74. The molecule has 0 aliphatic heterocycles. The van der Waals surface area contributed by atoms with Crippen LogP contribution < -0.4 is 0 Å². The van der Waals surface area contributed by atoms with Gasteiger partial charge in [0.15, 0.2) is 17.4 Å². The second kappa shape index (κ2) is 14.2. The van der Waals surface area contributed by atoms with Crippen molar-refractivity contribution in [3.63, 3.8) is 0 Å². The Morgan fingerprint density at radius 1 is 1.00 bits per heavy atom. The van der Waals surface area contributed by atoms with Crippen molar-refractivity contribution >= 4 is 31.2 Å². The van der Waals surface area contributed by atoms with E-state index in [0.717, 1.165) is 12.8 Å². The number of carboxylic acid groups (broad SMARTS) is 1. The summed E-state index contributed by atoms with van der Waals surface area (Å²) in [7, 11) is -4.64. The zero-order chi connectivity index (χ0) is 13.0. The maximum atomic E-state index is 10.1. The van der Waals surface area contributed by atoms with Gasteiger partial charge in [-0.2, -0.15) is 0 Å². The normalized spacial score (nSPS) is 9.88. The van der Waals surface area contributed by atoms with Crippen LogP contribution in [-0.2, 0) is 9.36 Å². The SMILES string of the molecule is CCCCCCCCC(=O)O.O=P(O)(O)O.[AlH3]. The van der Waals surface area contributed by atoms with Gasteiger partial charge in [0.25, 0.3) is 0 Å². The van der Waals surface area contributed by atoms with Crippen molar-refractivity contribution in [2.45, 2.75) is 51.9 Å². The van der Waals surface area contributed by atoms with E-state index in [1.807, 2.05) is 0 Å². The van der Waals surface area contributed by atoms with Gasteiger partial charge in [-0.25, -0.2) is 4.57 Å². The minimum Gasteiger partial charge on any atom is -0.481 e. The quantitative estimate of drug-likeness (QED) is 0.311. The molecule has 4 N–H and O–H groups in total. The lowest BCUT2D eigenvalue weighted by molar-refractivity contribution is -0.137. The molecule has 0 radical (unpaired) electrons.